The van der Waals surface area contributed by atoms with Gasteiger partial charge in [0.15, 0.2) is 5.78 Å². The van der Waals surface area contributed by atoms with E-state index in [-0.39, 0.29) is 5.78 Å². The highest BCUT2D eigenvalue weighted by molar-refractivity contribution is 6.03. The average Bonchev–Trinajstić information content (AvgIpc) is 2.58. The highest BCUT2D eigenvalue weighted by Crippen LogP contribution is 2.31. The summed E-state index contributed by atoms with van der Waals surface area (Å²) in [4.78, 5) is 12.6. The van der Waals surface area contributed by atoms with E-state index in [9.17, 15) is 9.90 Å². The lowest BCUT2D eigenvalue weighted by Crippen LogP contribution is -2.38. The van der Waals surface area contributed by atoms with Crippen molar-refractivity contribution in [2.75, 3.05) is 0 Å². The molecule has 1 fully saturated rings. The second-order valence-electron chi connectivity index (χ2n) is 5.52. The summed E-state index contributed by atoms with van der Waals surface area (Å²) in [5.41, 5.74) is 1.67. The smallest absolute Gasteiger partial charge is 0.194 e. The molecule has 0 aromatic heterocycles. The first-order valence-corrected chi connectivity index (χ1v) is 6.88. The summed E-state index contributed by atoms with van der Waals surface area (Å²) >= 11 is 0. The maximum Gasteiger partial charge on any atom is 0.194 e. The molecule has 1 saturated carbocycles. The van der Waals surface area contributed by atoms with Crippen LogP contribution in [0.1, 0.15) is 60.0 Å². The fraction of sp³-hybridized carbons (Fsp3) is 0.562. The summed E-state index contributed by atoms with van der Waals surface area (Å²) in [7, 11) is 0. The van der Waals surface area contributed by atoms with Gasteiger partial charge in [-0.05, 0) is 37.8 Å². The van der Waals surface area contributed by atoms with Crippen molar-refractivity contribution in [1.82, 2.24) is 0 Å². The zero-order chi connectivity index (χ0) is 13.2. The minimum Gasteiger partial charge on any atom is -0.382 e. The number of hydrogen-bond donors (Lipinski definition) is 1. The Hall–Kier alpha value is -1.15. The van der Waals surface area contributed by atoms with Gasteiger partial charge in [-0.25, -0.2) is 0 Å². The first kappa shape index (κ1) is 13.3. The summed E-state index contributed by atoms with van der Waals surface area (Å²) in [6, 6.07) is 5.74. The highest BCUT2D eigenvalue weighted by Gasteiger charge is 2.37. The van der Waals surface area contributed by atoms with Gasteiger partial charge >= 0.3 is 0 Å². The lowest BCUT2D eigenvalue weighted by atomic mass is 9.84. The van der Waals surface area contributed by atoms with E-state index in [1.54, 1.807) is 0 Å². The Morgan fingerprint density at radius 3 is 2.33 bits per heavy atom. The van der Waals surface area contributed by atoms with E-state index >= 15 is 0 Å². The van der Waals surface area contributed by atoms with Crippen LogP contribution < -0.4 is 0 Å². The van der Waals surface area contributed by atoms with E-state index in [1.807, 2.05) is 32.0 Å². The second-order valence-corrected chi connectivity index (χ2v) is 5.52. The van der Waals surface area contributed by atoms with Gasteiger partial charge in [0.05, 0.1) is 0 Å². The normalized spacial score (nSPS) is 19.3. The molecule has 0 amide bonds. The number of benzene rings is 1. The molecule has 2 rings (SSSR count). The van der Waals surface area contributed by atoms with E-state index in [0.717, 1.165) is 36.8 Å². The fourth-order valence-corrected chi connectivity index (χ4v) is 2.79. The van der Waals surface area contributed by atoms with Crippen LogP contribution in [0.3, 0.4) is 0 Å². The Morgan fingerprint density at radius 1 is 1.11 bits per heavy atom. The van der Waals surface area contributed by atoms with Crippen LogP contribution in [0.25, 0.3) is 0 Å². The number of carbonyl (C=O) groups is 1. The van der Waals surface area contributed by atoms with Crippen molar-refractivity contribution < 1.29 is 9.90 Å². The Balaban J connectivity index is 2.32. The summed E-state index contributed by atoms with van der Waals surface area (Å²) in [6.07, 6.45) is 5.38. The molecule has 2 heteroatoms. The SMILES string of the molecule is Cc1cccc(C(=O)C2(O)CCCCCC2)c1C. The molecule has 1 aromatic rings. The largest absolute Gasteiger partial charge is 0.382 e. The lowest BCUT2D eigenvalue weighted by molar-refractivity contribution is 0.0237. The molecule has 0 saturated heterocycles. The van der Waals surface area contributed by atoms with E-state index in [0.29, 0.717) is 18.4 Å². The van der Waals surface area contributed by atoms with Crippen LogP contribution in [-0.4, -0.2) is 16.5 Å². The molecule has 98 valence electrons. The number of carbonyl (C=O) groups excluding carboxylic acids is 1. The summed E-state index contributed by atoms with van der Waals surface area (Å²) in [6.45, 7) is 3.96. The third kappa shape index (κ3) is 2.49. The van der Waals surface area contributed by atoms with Crippen molar-refractivity contribution in [3.8, 4) is 0 Å². The Kier molecular flexibility index (Phi) is 3.86. The molecule has 0 unspecified atom stereocenters. The zero-order valence-electron chi connectivity index (χ0n) is 11.3. The maximum atomic E-state index is 12.6. The number of rotatable bonds is 2. The molecule has 0 aliphatic heterocycles. The van der Waals surface area contributed by atoms with Gasteiger partial charge in [0.25, 0.3) is 0 Å². The van der Waals surface area contributed by atoms with E-state index in [1.165, 1.54) is 0 Å². The third-order valence-electron chi connectivity index (χ3n) is 4.20. The van der Waals surface area contributed by atoms with Crippen molar-refractivity contribution in [2.45, 2.75) is 58.0 Å². The number of aryl methyl sites for hydroxylation is 1. The summed E-state index contributed by atoms with van der Waals surface area (Å²) in [5, 5.41) is 10.6. The molecule has 1 N–H and O–H groups in total. The predicted octanol–water partition coefficient (Wildman–Crippen LogP) is 3.57. The predicted molar refractivity (Wildman–Crippen MR) is 72.9 cm³/mol. The monoisotopic (exact) mass is 246 g/mol. The zero-order valence-corrected chi connectivity index (χ0v) is 11.3. The van der Waals surface area contributed by atoms with Crippen molar-refractivity contribution in [2.24, 2.45) is 0 Å². The summed E-state index contributed by atoms with van der Waals surface area (Å²) < 4.78 is 0. The van der Waals surface area contributed by atoms with Gasteiger partial charge in [0.1, 0.15) is 5.60 Å². The number of Topliss-reactive ketones (excluding diaryl/α,β-unsaturated/α-hetero) is 1. The number of hydrogen-bond acceptors (Lipinski definition) is 2. The quantitative estimate of drug-likeness (QED) is 0.640. The Bertz CT molecular complexity index is 440. The first-order chi connectivity index (χ1) is 8.54. The lowest BCUT2D eigenvalue weighted by Gasteiger charge is -2.26. The molecule has 0 atom stereocenters. The van der Waals surface area contributed by atoms with Gasteiger partial charge in [0, 0.05) is 5.56 Å². The molecular weight excluding hydrogens is 224 g/mol. The molecule has 0 heterocycles. The van der Waals surface area contributed by atoms with Crippen LogP contribution in [0.5, 0.6) is 0 Å². The molecule has 0 spiro atoms. The van der Waals surface area contributed by atoms with E-state index in [2.05, 4.69) is 0 Å². The molecule has 1 aromatic carbocycles. The van der Waals surface area contributed by atoms with Gasteiger partial charge in [0.2, 0.25) is 0 Å². The molecule has 2 nitrogen and oxygen atoms in total. The Labute approximate surface area is 109 Å². The maximum absolute atomic E-state index is 12.6. The van der Waals surface area contributed by atoms with Gasteiger partial charge in [-0.1, -0.05) is 43.9 Å². The van der Waals surface area contributed by atoms with E-state index < -0.39 is 5.60 Å². The fourth-order valence-electron chi connectivity index (χ4n) is 2.79. The first-order valence-electron chi connectivity index (χ1n) is 6.88. The standard InChI is InChI=1S/C16H22O2/c1-12-8-7-9-14(13(12)2)15(17)16(18)10-5-3-4-6-11-16/h7-9,18H,3-6,10-11H2,1-2H3. The van der Waals surface area contributed by atoms with Gasteiger partial charge in [-0.3, -0.25) is 4.79 Å². The van der Waals surface area contributed by atoms with Crippen molar-refractivity contribution in [3.05, 3.63) is 34.9 Å². The van der Waals surface area contributed by atoms with Crippen LogP contribution in [0.15, 0.2) is 18.2 Å². The van der Waals surface area contributed by atoms with Crippen molar-refractivity contribution >= 4 is 5.78 Å². The van der Waals surface area contributed by atoms with Crippen LogP contribution in [-0.2, 0) is 0 Å². The van der Waals surface area contributed by atoms with Crippen LogP contribution in [0.4, 0.5) is 0 Å². The minimum absolute atomic E-state index is 0.0781. The van der Waals surface area contributed by atoms with E-state index in [4.69, 9.17) is 0 Å². The molecular formula is C16H22O2. The highest BCUT2D eigenvalue weighted by atomic mass is 16.3. The topological polar surface area (TPSA) is 37.3 Å². The molecule has 0 bridgehead atoms. The van der Waals surface area contributed by atoms with Gasteiger partial charge in [-0.15, -0.1) is 0 Å². The summed E-state index contributed by atoms with van der Waals surface area (Å²) in [5.74, 6) is -0.0781. The Morgan fingerprint density at radius 2 is 1.72 bits per heavy atom. The van der Waals surface area contributed by atoms with Gasteiger partial charge < -0.3 is 5.11 Å². The van der Waals surface area contributed by atoms with Crippen LogP contribution in [0, 0.1) is 13.8 Å². The van der Waals surface area contributed by atoms with Crippen LogP contribution in [0.2, 0.25) is 0 Å². The minimum atomic E-state index is -1.13. The molecule has 1 aliphatic carbocycles. The number of ketones is 1. The van der Waals surface area contributed by atoms with Crippen molar-refractivity contribution in [1.29, 1.82) is 0 Å². The average molecular weight is 246 g/mol. The van der Waals surface area contributed by atoms with Crippen molar-refractivity contribution in [3.63, 3.8) is 0 Å². The molecule has 0 radical (unpaired) electrons. The third-order valence-corrected chi connectivity index (χ3v) is 4.20. The molecule has 18 heavy (non-hydrogen) atoms. The molecule has 1 aliphatic rings. The second kappa shape index (κ2) is 5.23. The van der Waals surface area contributed by atoms with Crippen LogP contribution >= 0.6 is 0 Å². The number of aliphatic hydroxyl groups is 1. The van der Waals surface area contributed by atoms with Gasteiger partial charge in [-0.2, -0.15) is 0 Å².